The number of fused-ring (bicyclic) bond motifs is 3. The van der Waals surface area contributed by atoms with Gasteiger partial charge in [0.1, 0.15) is 9.98 Å². The molecule has 0 spiro atoms. The molecule has 2 aromatic rings. The van der Waals surface area contributed by atoms with E-state index in [0.717, 1.165) is 29.5 Å². The van der Waals surface area contributed by atoms with Crippen LogP contribution in [0.25, 0.3) is 10.2 Å². The van der Waals surface area contributed by atoms with Gasteiger partial charge in [0.25, 0.3) is 0 Å². The molecule has 1 unspecified atom stereocenters. The largest absolute Gasteiger partial charge is 0.396 e. The third-order valence-electron chi connectivity index (χ3n) is 3.19. The zero-order chi connectivity index (χ0) is 12.0. The molecule has 90 valence electrons. The van der Waals surface area contributed by atoms with Crippen LogP contribution in [0.2, 0.25) is 10.4 Å². The first kappa shape index (κ1) is 11.7. The molecule has 0 bridgehead atoms. The first-order chi connectivity index (χ1) is 8.19. The lowest BCUT2D eigenvalue weighted by Gasteiger charge is -2.19. The molecule has 0 aliphatic heterocycles. The molecule has 1 N–H and O–H groups in total. The fourth-order valence-corrected chi connectivity index (χ4v) is 4.15. The van der Waals surface area contributed by atoms with Crippen molar-refractivity contribution in [2.75, 3.05) is 6.61 Å². The summed E-state index contributed by atoms with van der Waals surface area (Å²) in [5.74, 6) is 0.326. The molecule has 1 aliphatic rings. The molecule has 17 heavy (non-hydrogen) atoms. The van der Waals surface area contributed by atoms with Crippen LogP contribution in [0.4, 0.5) is 0 Å². The second-order valence-corrected chi connectivity index (χ2v) is 6.04. The van der Waals surface area contributed by atoms with Crippen molar-refractivity contribution in [3.8, 4) is 0 Å². The molecule has 3 nitrogen and oxygen atoms in total. The van der Waals surface area contributed by atoms with Crippen molar-refractivity contribution in [1.29, 1.82) is 0 Å². The Balaban J connectivity index is 2.21. The fraction of sp³-hybridized carbons (Fsp3) is 0.455. The standard InChI is InChI=1S/C11H10Cl2N2OS/c12-9-8-6-3-5(4-16)1-2-7(6)17-10(8)15-11(13)14-9/h5,16H,1-4H2. The average Bonchev–Trinajstić information content (AvgIpc) is 2.65. The minimum absolute atomic E-state index is 0.194. The second-order valence-electron chi connectivity index (χ2n) is 4.26. The van der Waals surface area contributed by atoms with Crippen LogP contribution >= 0.6 is 34.5 Å². The van der Waals surface area contributed by atoms with Crippen LogP contribution in [0.1, 0.15) is 16.9 Å². The SMILES string of the molecule is OCC1CCc2sc3nc(Cl)nc(Cl)c3c2C1. The van der Waals surface area contributed by atoms with Gasteiger partial charge in [0.05, 0.1) is 5.39 Å². The van der Waals surface area contributed by atoms with Crippen LogP contribution in [-0.4, -0.2) is 21.7 Å². The molecule has 0 saturated heterocycles. The van der Waals surface area contributed by atoms with E-state index in [1.54, 1.807) is 11.3 Å². The van der Waals surface area contributed by atoms with Crippen molar-refractivity contribution in [2.24, 2.45) is 5.92 Å². The number of aliphatic hydroxyl groups is 1. The summed E-state index contributed by atoms with van der Waals surface area (Å²) >= 11 is 13.6. The van der Waals surface area contributed by atoms with E-state index >= 15 is 0 Å². The summed E-state index contributed by atoms with van der Waals surface area (Å²) in [5, 5.41) is 10.8. The molecule has 6 heteroatoms. The minimum Gasteiger partial charge on any atom is -0.396 e. The van der Waals surface area contributed by atoms with Gasteiger partial charge in [0.15, 0.2) is 0 Å². The number of nitrogens with zero attached hydrogens (tertiary/aromatic N) is 2. The summed E-state index contributed by atoms with van der Waals surface area (Å²) < 4.78 is 0. The van der Waals surface area contributed by atoms with E-state index in [2.05, 4.69) is 9.97 Å². The van der Waals surface area contributed by atoms with Crippen LogP contribution < -0.4 is 0 Å². The highest BCUT2D eigenvalue weighted by Gasteiger charge is 2.24. The summed E-state index contributed by atoms with van der Waals surface area (Å²) in [6, 6.07) is 0. The molecule has 0 amide bonds. The molecule has 0 saturated carbocycles. The van der Waals surface area contributed by atoms with Crippen molar-refractivity contribution in [3.05, 3.63) is 20.9 Å². The van der Waals surface area contributed by atoms with Gasteiger partial charge in [-0.25, -0.2) is 9.97 Å². The van der Waals surface area contributed by atoms with Crippen LogP contribution in [0.5, 0.6) is 0 Å². The molecule has 2 heterocycles. The number of aryl methyl sites for hydroxylation is 1. The Hall–Kier alpha value is -0.420. The van der Waals surface area contributed by atoms with Crippen molar-refractivity contribution in [1.82, 2.24) is 9.97 Å². The van der Waals surface area contributed by atoms with E-state index in [4.69, 9.17) is 23.2 Å². The van der Waals surface area contributed by atoms with Gasteiger partial charge in [-0.15, -0.1) is 11.3 Å². The third-order valence-corrected chi connectivity index (χ3v) is 4.82. The van der Waals surface area contributed by atoms with Gasteiger partial charge in [-0.2, -0.15) is 0 Å². The van der Waals surface area contributed by atoms with Gasteiger partial charge in [-0.1, -0.05) is 11.6 Å². The monoisotopic (exact) mass is 288 g/mol. The van der Waals surface area contributed by atoms with Crippen molar-refractivity contribution >= 4 is 44.8 Å². The Labute approximate surface area is 112 Å². The Morgan fingerprint density at radius 3 is 2.94 bits per heavy atom. The average molecular weight is 289 g/mol. The van der Waals surface area contributed by atoms with Gasteiger partial charge >= 0.3 is 0 Å². The number of hydrogen-bond acceptors (Lipinski definition) is 4. The van der Waals surface area contributed by atoms with Crippen molar-refractivity contribution in [3.63, 3.8) is 0 Å². The first-order valence-corrected chi connectivity index (χ1v) is 7.00. The Kier molecular flexibility index (Phi) is 2.99. The summed E-state index contributed by atoms with van der Waals surface area (Å²) in [6.07, 6.45) is 2.86. The van der Waals surface area contributed by atoms with E-state index in [1.165, 1.54) is 10.4 Å². The quantitative estimate of drug-likeness (QED) is 0.648. The Morgan fingerprint density at radius 2 is 2.18 bits per heavy atom. The topological polar surface area (TPSA) is 46.0 Å². The molecular formula is C11H10Cl2N2OS. The number of rotatable bonds is 1. The Bertz CT molecular complexity index is 584. The van der Waals surface area contributed by atoms with E-state index in [9.17, 15) is 5.11 Å². The molecule has 3 rings (SSSR count). The number of thiophene rings is 1. The maximum atomic E-state index is 9.26. The van der Waals surface area contributed by atoms with Crippen molar-refractivity contribution < 1.29 is 5.11 Å². The smallest absolute Gasteiger partial charge is 0.225 e. The minimum atomic E-state index is 0.194. The molecule has 1 atom stereocenters. The predicted octanol–water partition coefficient (Wildman–Crippen LogP) is 3.10. The summed E-state index contributed by atoms with van der Waals surface area (Å²) in [4.78, 5) is 10.4. The predicted molar refractivity (Wildman–Crippen MR) is 70.0 cm³/mol. The lowest BCUT2D eigenvalue weighted by Crippen LogP contribution is -2.15. The summed E-state index contributed by atoms with van der Waals surface area (Å²) in [5.41, 5.74) is 1.21. The highest BCUT2D eigenvalue weighted by atomic mass is 35.5. The normalized spacial score (nSPS) is 19.6. The van der Waals surface area contributed by atoms with E-state index in [-0.39, 0.29) is 11.9 Å². The summed E-state index contributed by atoms with van der Waals surface area (Å²) in [6.45, 7) is 0.225. The molecule has 1 aliphatic carbocycles. The lowest BCUT2D eigenvalue weighted by molar-refractivity contribution is 0.214. The van der Waals surface area contributed by atoms with Crippen molar-refractivity contribution in [2.45, 2.75) is 19.3 Å². The number of hydrogen-bond donors (Lipinski definition) is 1. The highest BCUT2D eigenvalue weighted by molar-refractivity contribution is 7.19. The highest BCUT2D eigenvalue weighted by Crippen LogP contribution is 2.40. The van der Waals surface area contributed by atoms with Crippen LogP contribution in [-0.2, 0) is 12.8 Å². The van der Waals surface area contributed by atoms with Gasteiger partial charge in [0.2, 0.25) is 5.28 Å². The zero-order valence-corrected chi connectivity index (χ0v) is 11.2. The number of aliphatic hydroxyl groups excluding tert-OH is 1. The van der Waals surface area contributed by atoms with E-state index < -0.39 is 0 Å². The van der Waals surface area contributed by atoms with E-state index in [0.29, 0.717) is 11.1 Å². The van der Waals surface area contributed by atoms with Gasteiger partial charge in [-0.3, -0.25) is 0 Å². The van der Waals surface area contributed by atoms with Gasteiger partial charge in [-0.05, 0) is 42.3 Å². The van der Waals surface area contributed by atoms with E-state index in [1.807, 2.05) is 0 Å². The number of halogens is 2. The maximum Gasteiger partial charge on any atom is 0.225 e. The first-order valence-electron chi connectivity index (χ1n) is 5.43. The molecule has 0 fully saturated rings. The number of aromatic nitrogens is 2. The molecular weight excluding hydrogens is 279 g/mol. The zero-order valence-electron chi connectivity index (χ0n) is 8.91. The van der Waals surface area contributed by atoms with Gasteiger partial charge < -0.3 is 5.11 Å². The molecule has 2 aromatic heterocycles. The lowest BCUT2D eigenvalue weighted by atomic mass is 9.88. The fourth-order valence-electron chi connectivity index (χ4n) is 2.33. The Morgan fingerprint density at radius 1 is 1.35 bits per heavy atom. The second kappa shape index (κ2) is 4.35. The van der Waals surface area contributed by atoms with Crippen LogP contribution in [0.15, 0.2) is 0 Å². The van der Waals surface area contributed by atoms with Gasteiger partial charge in [0, 0.05) is 11.5 Å². The molecule has 0 radical (unpaired) electrons. The molecule has 0 aromatic carbocycles. The van der Waals surface area contributed by atoms with Crippen LogP contribution in [0, 0.1) is 5.92 Å². The third kappa shape index (κ3) is 1.93. The van der Waals surface area contributed by atoms with Crippen LogP contribution in [0.3, 0.4) is 0 Å². The maximum absolute atomic E-state index is 9.26. The summed E-state index contributed by atoms with van der Waals surface area (Å²) in [7, 11) is 0.